The first-order chi connectivity index (χ1) is 11.7. The number of benzene rings is 1. The normalized spacial score (nSPS) is 32.5. The maximum atomic E-state index is 12.4. The second kappa shape index (κ2) is 5.55. The molecular weight excluding hydrogens is 332 g/mol. The van der Waals surface area contributed by atoms with Crippen molar-refractivity contribution in [1.82, 2.24) is 5.32 Å². The molecule has 0 bridgehead atoms. The summed E-state index contributed by atoms with van der Waals surface area (Å²) in [6.45, 7) is 0. The molecule has 3 rings (SSSR count). The molecule has 1 aromatic carbocycles. The number of carbonyl (C=O) groups is 4. The summed E-state index contributed by atoms with van der Waals surface area (Å²) in [6, 6.07) is 4.66. The molecule has 1 amide bonds. The minimum absolute atomic E-state index is 0.0644. The summed E-state index contributed by atoms with van der Waals surface area (Å²) in [4.78, 5) is 46.1. The number of aliphatic carboxylic acids is 2. The Morgan fingerprint density at radius 3 is 2.32 bits per heavy atom. The largest absolute Gasteiger partial charge is 0.481 e. The van der Waals surface area contributed by atoms with Crippen molar-refractivity contribution >= 4 is 23.8 Å². The first-order valence-electron chi connectivity index (χ1n) is 7.56. The van der Waals surface area contributed by atoms with E-state index in [0.29, 0.717) is 0 Å². The van der Waals surface area contributed by atoms with Crippen LogP contribution in [0.25, 0.3) is 0 Å². The summed E-state index contributed by atoms with van der Waals surface area (Å²) in [5.74, 6) is -6.42. The molecule has 6 N–H and O–H groups in total. The predicted octanol–water partition coefficient (Wildman–Crippen LogP) is -0.384. The number of carboxylic acids is 3. The highest BCUT2D eigenvalue weighted by atomic mass is 16.4. The average molecular weight is 348 g/mol. The number of fused-ring (bicyclic) bond motifs is 1. The van der Waals surface area contributed by atoms with E-state index >= 15 is 0 Å². The first kappa shape index (κ1) is 16.9. The Balaban J connectivity index is 1.80. The highest BCUT2D eigenvalue weighted by Gasteiger charge is 2.74. The molecule has 5 atom stereocenters. The van der Waals surface area contributed by atoms with E-state index in [9.17, 15) is 29.4 Å². The number of nitrogens with two attached hydrogens (primary N) is 1. The van der Waals surface area contributed by atoms with E-state index in [1.165, 1.54) is 24.3 Å². The van der Waals surface area contributed by atoms with Crippen molar-refractivity contribution in [3.05, 3.63) is 35.4 Å². The van der Waals surface area contributed by atoms with Crippen molar-refractivity contribution in [2.45, 2.75) is 18.0 Å². The van der Waals surface area contributed by atoms with Crippen LogP contribution in [-0.2, 0) is 9.59 Å². The maximum Gasteiger partial charge on any atom is 0.335 e. The number of amides is 1. The molecule has 132 valence electrons. The smallest absolute Gasteiger partial charge is 0.335 e. The number of aromatic carboxylic acids is 1. The summed E-state index contributed by atoms with van der Waals surface area (Å²) >= 11 is 0. The molecular formula is C16H16N2O7. The minimum Gasteiger partial charge on any atom is -0.481 e. The van der Waals surface area contributed by atoms with Gasteiger partial charge in [-0.25, -0.2) is 4.79 Å². The van der Waals surface area contributed by atoms with Gasteiger partial charge in [-0.1, -0.05) is 6.07 Å². The first-order valence-corrected chi connectivity index (χ1v) is 7.56. The maximum absolute atomic E-state index is 12.4. The lowest BCUT2D eigenvalue weighted by molar-refractivity contribution is -0.145. The van der Waals surface area contributed by atoms with Crippen LogP contribution in [0.3, 0.4) is 0 Å². The molecule has 0 radical (unpaired) electrons. The van der Waals surface area contributed by atoms with E-state index in [1.54, 1.807) is 0 Å². The number of nitrogens with one attached hydrogen (secondary N) is 1. The summed E-state index contributed by atoms with van der Waals surface area (Å²) in [5, 5.41) is 30.1. The van der Waals surface area contributed by atoms with Crippen LogP contribution < -0.4 is 11.1 Å². The van der Waals surface area contributed by atoms with Crippen LogP contribution in [0.15, 0.2) is 24.3 Å². The Bertz CT molecular complexity index is 792. The van der Waals surface area contributed by atoms with Crippen molar-refractivity contribution in [3.63, 3.8) is 0 Å². The standard InChI is InChI=1S/C16H16N2O7/c17-16(15(24)25)5-8(9-10(11(9)16)14(22)23)18-12(19)6-2-1-3-7(4-6)13(20)21/h1-4,8-11H,5,17H2,(H,18,19)(H,20,21)(H,22,23)(H,24,25). The van der Waals surface area contributed by atoms with Crippen LogP contribution in [0.4, 0.5) is 0 Å². The molecule has 2 aliphatic carbocycles. The van der Waals surface area contributed by atoms with Crippen LogP contribution in [0.5, 0.6) is 0 Å². The molecule has 0 aliphatic heterocycles. The molecule has 9 heteroatoms. The fourth-order valence-electron chi connectivity index (χ4n) is 3.88. The van der Waals surface area contributed by atoms with E-state index in [0.717, 1.165) is 0 Å². The van der Waals surface area contributed by atoms with Gasteiger partial charge in [0.2, 0.25) is 0 Å². The zero-order chi connectivity index (χ0) is 18.5. The highest BCUT2D eigenvalue weighted by Crippen LogP contribution is 2.61. The molecule has 2 fully saturated rings. The van der Waals surface area contributed by atoms with Gasteiger partial charge in [0.25, 0.3) is 5.91 Å². The Morgan fingerprint density at radius 2 is 1.76 bits per heavy atom. The lowest BCUT2D eigenvalue weighted by Gasteiger charge is -2.25. The van der Waals surface area contributed by atoms with Crippen LogP contribution in [-0.4, -0.2) is 50.7 Å². The van der Waals surface area contributed by atoms with Crippen molar-refractivity contribution in [1.29, 1.82) is 0 Å². The number of carboxylic acid groups (broad SMARTS) is 3. The molecule has 9 nitrogen and oxygen atoms in total. The average Bonchev–Trinajstić information content (AvgIpc) is 3.24. The molecule has 0 spiro atoms. The third-order valence-electron chi connectivity index (χ3n) is 5.06. The van der Waals surface area contributed by atoms with Gasteiger partial charge in [-0.05, 0) is 30.5 Å². The predicted molar refractivity (Wildman–Crippen MR) is 81.9 cm³/mol. The molecule has 1 aromatic rings. The highest BCUT2D eigenvalue weighted by molar-refractivity contribution is 5.98. The number of rotatable bonds is 5. The van der Waals surface area contributed by atoms with Gasteiger partial charge >= 0.3 is 17.9 Å². The van der Waals surface area contributed by atoms with Gasteiger partial charge in [0.05, 0.1) is 11.5 Å². The van der Waals surface area contributed by atoms with Crippen LogP contribution >= 0.6 is 0 Å². The van der Waals surface area contributed by atoms with Gasteiger partial charge in [0.1, 0.15) is 5.54 Å². The van der Waals surface area contributed by atoms with Crippen molar-refractivity contribution in [3.8, 4) is 0 Å². The second-order valence-electron chi connectivity index (χ2n) is 6.48. The van der Waals surface area contributed by atoms with E-state index in [2.05, 4.69) is 5.32 Å². The Labute approximate surface area is 141 Å². The van der Waals surface area contributed by atoms with E-state index < -0.39 is 53.1 Å². The van der Waals surface area contributed by atoms with Gasteiger partial charge < -0.3 is 26.4 Å². The molecule has 2 saturated carbocycles. The van der Waals surface area contributed by atoms with Gasteiger partial charge in [0.15, 0.2) is 0 Å². The Hall–Kier alpha value is -2.94. The lowest BCUT2D eigenvalue weighted by Crippen LogP contribution is -2.52. The van der Waals surface area contributed by atoms with Crippen LogP contribution in [0.2, 0.25) is 0 Å². The topological polar surface area (TPSA) is 167 Å². The SMILES string of the molecule is NC1(C(=O)O)CC(NC(=O)c2cccc(C(=O)O)c2)C2C(C(=O)O)C21. The van der Waals surface area contributed by atoms with Crippen LogP contribution in [0.1, 0.15) is 27.1 Å². The summed E-state index contributed by atoms with van der Waals surface area (Å²) in [7, 11) is 0. The van der Waals surface area contributed by atoms with Gasteiger partial charge in [-0.3, -0.25) is 14.4 Å². The molecule has 0 aromatic heterocycles. The Morgan fingerprint density at radius 1 is 1.12 bits per heavy atom. The number of hydrogen-bond acceptors (Lipinski definition) is 5. The molecule has 5 unspecified atom stereocenters. The third-order valence-corrected chi connectivity index (χ3v) is 5.06. The van der Waals surface area contributed by atoms with Crippen LogP contribution in [0, 0.1) is 17.8 Å². The minimum atomic E-state index is -1.70. The fourth-order valence-corrected chi connectivity index (χ4v) is 3.88. The van der Waals surface area contributed by atoms with E-state index in [4.69, 9.17) is 10.8 Å². The fraction of sp³-hybridized carbons (Fsp3) is 0.375. The monoisotopic (exact) mass is 348 g/mol. The van der Waals surface area contributed by atoms with E-state index in [-0.39, 0.29) is 17.5 Å². The molecule has 0 saturated heterocycles. The third kappa shape index (κ3) is 2.62. The lowest BCUT2D eigenvalue weighted by atomic mass is 9.90. The zero-order valence-electron chi connectivity index (χ0n) is 12.9. The van der Waals surface area contributed by atoms with Crippen molar-refractivity contribution in [2.24, 2.45) is 23.5 Å². The number of hydrogen-bond donors (Lipinski definition) is 5. The van der Waals surface area contributed by atoms with Crippen molar-refractivity contribution < 1.29 is 34.5 Å². The van der Waals surface area contributed by atoms with Gasteiger partial charge in [-0.2, -0.15) is 0 Å². The molecule has 25 heavy (non-hydrogen) atoms. The quantitative estimate of drug-likeness (QED) is 0.480. The Kier molecular flexibility index (Phi) is 3.76. The zero-order valence-corrected chi connectivity index (χ0v) is 12.9. The summed E-state index contributed by atoms with van der Waals surface area (Å²) in [5.41, 5.74) is 4.22. The summed E-state index contributed by atoms with van der Waals surface area (Å²) < 4.78 is 0. The second-order valence-corrected chi connectivity index (χ2v) is 6.48. The van der Waals surface area contributed by atoms with Gasteiger partial charge in [-0.15, -0.1) is 0 Å². The molecule has 2 aliphatic rings. The molecule has 0 heterocycles. The van der Waals surface area contributed by atoms with E-state index in [1.807, 2.05) is 0 Å². The number of carbonyl (C=O) groups excluding carboxylic acids is 1. The van der Waals surface area contributed by atoms with Gasteiger partial charge in [0, 0.05) is 17.5 Å². The summed E-state index contributed by atoms with van der Waals surface area (Å²) in [6.07, 6.45) is -0.0776. The van der Waals surface area contributed by atoms with Crippen molar-refractivity contribution in [2.75, 3.05) is 0 Å².